The van der Waals surface area contributed by atoms with Crippen LogP contribution in [0.1, 0.15) is 24.5 Å². The maximum absolute atomic E-state index is 11.1. The summed E-state index contributed by atoms with van der Waals surface area (Å²) in [7, 11) is 0. The fourth-order valence-electron chi connectivity index (χ4n) is 1.36. The Morgan fingerprint density at radius 3 is 2.88 bits per heavy atom. The van der Waals surface area contributed by atoms with Crippen molar-refractivity contribution in [2.24, 2.45) is 0 Å². The zero-order chi connectivity index (χ0) is 12.5. The molecule has 0 N–H and O–H groups in total. The fraction of sp³-hybridized carbons (Fsp3) is 0.286. The summed E-state index contributed by atoms with van der Waals surface area (Å²) in [6, 6.07) is 7.46. The molecule has 0 aliphatic carbocycles. The maximum atomic E-state index is 11.1. The van der Waals surface area contributed by atoms with Crippen LogP contribution in [0, 0.1) is 11.8 Å². The SMILES string of the molecule is CCOC(=O)C#Cc1ccccc1CCC=O. The third-order valence-corrected chi connectivity index (χ3v) is 2.12. The Labute approximate surface area is 101 Å². The Kier molecular flexibility index (Phi) is 5.53. The molecule has 88 valence electrons. The highest BCUT2D eigenvalue weighted by Crippen LogP contribution is 2.09. The Balaban J connectivity index is 2.82. The molecule has 0 spiro atoms. The van der Waals surface area contributed by atoms with E-state index in [1.807, 2.05) is 24.3 Å². The van der Waals surface area contributed by atoms with E-state index in [1.54, 1.807) is 6.92 Å². The average Bonchev–Trinajstić information content (AvgIpc) is 2.35. The molecule has 1 rings (SSSR count). The number of aldehydes is 1. The molecule has 17 heavy (non-hydrogen) atoms. The molecule has 0 aliphatic heterocycles. The third-order valence-electron chi connectivity index (χ3n) is 2.12. The maximum Gasteiger partial charge on any atom is 0.384 e. The number of hydrogen-bond donors (Lipinski definition) is 0. The Hall–Kier alpha value is -2.08. The first-order chi connectivity index (χ1) is 8.27. The Bertz CT molecular complexity index is 452. The van der Waals surface area contributed by atoms with Gasteiger partial charge in [0.25, 0.3) is 0 Å². The van der Waals surface area contributed by atoms with E-state index in [4.69, 9.17) is 4.74 Å². The van der Waals surface area contributed by atoms with Crippen LogP contribution in [0.3, 0.4) is 0 Å². The van der Waals surface area contributed by atoms with Gasteiger partial charge < -0.3 is 9.53 Å². The van der Waals surface area contributed by atoms with E-state index in [0.717, 1.165) is 17.4 Å². The number of hydrogen-bond acceptors (Lipinski definition) is 3. The standard InChI is InChI=1S/C14H14O3/c1-2-17-14(16)10-9-13-7-4-3-6-12(13)8-5-11-15/h3-4,6-7,11H,2,5,8H2,1H3. The molecule has 3 nitrogen and oxygen atoms in total. The Morgan fingerprint density at radius 2 is 2.18 bits per heavy atom. The number of aryl methyl sites for hydroxylation is 1. The van der Waals surface area contributed by atoms with Crippen molar-refractivity contribution in [2.75, 3.05) is 6.61 Å². The Morgan fingerprint density at radius 1 is 1.41 bits per heavy atom. The van der Waals surface area contributed by atoms with Crippen molar-refractivity contribution < 1.29 is 14.3 Å². The lowest BCUT2D eigenvalue weighted by atomic mass is 10.0. The third kappa shape index (κ3) is 4.52. The summed E-state index contributed by atoms with van der Waals surface area (Å²) in [6.45, 7) is 2.05. The summed E-state index contributed by atoms with van der Waals surface area (Å²) in [4.78, 5) is 21.4. The first-order valence-corrected chi connectivity index (χ1v) is 5.48. The van der Waals surface area contributed by atoms with E-state index in [9.17, 15) is 9.59 Å². The van der Waals surface area contributed by atoms with Gasteiger partial charge >= 0.3 is 5.97 Å². The summed E-state index contributed by atoms with van der Waals surface area (Å²) < 4.78 is 4.72. The molecule has 0 saturated carbocycles. The molecule has 0 bridgehead atoms. The zero-order valence-corrected chi connectivity index (χ0v) is 9.73. The van der Waals surface area contributed by atoms with Gasteiger partial charge in [0.1, 0.15) is 6.29 Å². The van der Waals surface area contributed by atoms with Crippen molar-refractivity contribution in [3.63, 3.8) is 0 Å². The molecule has 0 radical (unpaired) electrons. The summed E-state index contributed by atoms with van der Waals surface area (Å²) >= 11 is 0. The number of esters is 1. The van der Waals surface area contributed by atoms with Crippen LogP contribution in [0.2, 0.25) is 0 Å². The first kappa shape index (κ1) is 13.0. The summed E-state index contributed by atoms with van der Waals surface area (Å²) in [5, 5.41) is 0. The van der Waals surface area contributed by atoms with Crippen LogP contribution >= 0.6 is 0 Å². The van der Waals surface area contributed by atoms with E-state index in [2.05, 4.69) is 11.8 Å². The largest absolute Gasteiger partial charge is 0.456 e. The highest BCUT2D eigenvalue weighted by molar-refractivity contribution is 5.89. The van der Waals surface area contributed by atoms with E-state index in [1.165, 1.54) is 0 Å². The quantitative estimate of drug-likeness (QED) is 0.449. The molecule has 0 aliphatic rings. The minimum absolute atomic E-state index is 0.320. The smallest absolute Gasteiger partial charge is 0.384 e. The van der Waals surface area contributed by atoms with E-state index < -0.39 is 5.97 Å². The summed E-state index contributed by atoms with van der Waals surface area (Å²) in [5.41, 5.74) is 1.74. The van der Waals surface area contributed by atoms with Gasteiger partial charge in [0.05, 0.1) is 6.61 Å². The molecule has 0 aromatic heterocycles. The van der Waals surface area contributed by atoms with Gasteiger partial charge in [-0.2, -0.15) is 0 Å². The van der Waals surface area contributed by atoms with Crippen molar-refractivity contribution in [2.45, 2.75) is 19.8 Å². The van der Waals surface area contributed by atoms with Crippen LogP contribution in [0.5, 0.6) is 0 Å². The van der Waals surface area contributed by atoms with E-state index in [0.29, 0.717) is 19.4 Å². The molecule has 0 atom stereocenters. The van der Waals surface area contributed by atoms with Crippen LogP contribution in [-0.2, 0) is 20.7 Å². The van der Waals surface area contributed by atoms with E-state index >= 15 is 0 Å². The number of benzene rings is 1. The molecular weight excluding hydrogens is 216 g/mol. The molecule has 0 amide bonds. The lowest BCUT2D eigenvalue weighted by molar-refractivity contribution is -0.136. The van der Waals surface area contributed by atoms with Gasteiger partial charge in [0.15, 0.2) is 0 Å². The first-order valence-electron chi connectivity index (χ1n) is 5.48. The molecule has 0 fully saturated rings. The second-order valence-electron chi connectivity index (χ2n) is 3.33. The fourth-order valence-corrected chi connectivity index (χ4v) is 1.36. The molecule has 1 aromatic carbocycles. The molecular formula is C14H14O3. The van der Waals surface area contributed by atoms with Crippen LogP contribution in [-0.4, -0.2) is 18.9 Å². The topological polar surface area (TPSA) is 43.4 Å². The lowest BCUT2D eigenvalue weighted by Gasteiger charge is -2.00. The van der Waals surface area contributed by atoms with Crippen molar-refractivity contribution in [3.05, 3.63) is 35.4 Å². The normalized spacial score (nSPS) is 9.00. The number of carbonyl (C=O) groups is 2. The van der Waals surface area contributed by atoms with Gasteiger partial charge in [0.2, 0.25) is 0 Å². The number of ether oxygens (including phenoxy) is 1. The van der Waals surface area contributed by atoms with Gasteiger partial charge in [-0.3, -0.25) is 0 Å². The summed E-state index contributed by atoms with van der Waals surface area (Å²) in [5.74, 6) is 4.65. The van der Waals surface area contributed by atoms with Gasteiger partial charge in [-0.1, -0.05) is 24.1 Å². The number of carbonyl (C=O) groups excluding carboxylic acids is 2. The molecule has 0 heterocycles. The van der Waals surface area contributed by atoms with Crippen LogP contribution in [0.25, 0.3) is 0 Å². The highest BCUT2D eigenvalue weighted by Gasteiger charge is 1.99. The molecule has 1 aromatic rings. The van der Waals surface area contributed by atoms with Gasteiger partial charge in [-0.05, 0) is 25.0 Å². The molecule has 0 saturated heterocycles. The van der Waals surface area contributed by atoms with Crippen LogP contribution in [0.15, 0.2) is 24.3 Å². The van der Waals surface area contributed by atoms with Crippen LogP contribution in [0.4, 0.5) is 0 Å². The zero-order valence-electron chi connectivity index (χ0n) is 9.73. The molecule has 0 unspecified atom stereocenters. The van der Waals surface area contributed by atoms with Crippen molar-refractivity contribution >= 4 is 12.3 Å². The van der Waals surface area contributed by atoms with Gasteiger partial charge in [-0.25, -0.2) is 4.79 Å². The monoisotopic (exact) mass is 230 g/mol. The second kappa shape index (κ2) is 7.24. The van der Waals surface area contributed by atoms with Gasteiger partial charge in [-0.15, -0.1) is 0 Å². The lowest BCUT2D eigenvalue weighted by Crippen LogP contribution is -2.00. The summed E-state index contributed by atoms with van der Waals surface area (Å²) in [6.07, 6.45) is 1.96. The number of rotatable bonds is 4. The van der Waals surface area contributed by atoms with Crippen molar-refractivity contribution in [1.29, 1.82) is 0 Å². The minimum Gasteiger partial charge on any atom is -0.456 e. The van der Waals surface area contributed by atoms with Crippen molar-refractivity contribution in [1.82, 2.24) is 0 Å². The average molecular weight is 230 g/mol. The highest BCUT2D eigenvalue weighted by atomic mass is 16.5. The predicted molar refractivity (Wildman–Crippen MR) is 64.3 cm³/mol. The van der Waals surface area contributed by atoms with Crippen LogP contribution < -0.4 is 0 Å². The molecule has 3 heteroatoms. The van der Waals surface area contributed by atoms with E-state index in [-0.39, 0.29) is 0 Å². The van der Waals surface area contributed by atoms with Crippen molar-refractivity contribution in [3.8, 4) is 11.8 Å². The minimum atomic E-state index is -0.530. The second-order valence-corrected chi connectivity index (χ2v) is 3.33. The predicted octanol–water partition coefficient (Wildman–Crippen LogP) is 1.73. The van der Waals surface area contributed by atoms with Gasteiger partial charge in [0, 0.05) is 17.9 Å².